The van der Waals surface area contributed by atoms with Gasteiger partial charge < -0.3 is 10.0 Å². The molecule has 0 bridgehead atoms. The summed E-state index contributed by atoms with van der Waals surface area (Å²) in [4.78, 5) is 4.95. The van der Waals surface area contributed by atoms with E-state index < -0.39 is 0 Å². The molecule has 2 unspecified atom stereocenters. The van der Waals surface area contributed by atoms with Crippen molar-refractivity contribution in [3.8, 4) is 0 Å². The lowest BCUT2D eigenvalue weighted by molar-refractivity contribution is 0.0718. The van der Waals surface area contributed by atoms with Crippen LogP contribution in [-0.2, 0) is 0 Å². The van der Waals surface area contributed by atoms with Crippen LogP contribution in [0.25, 0.3) is 0 Å². The number of hydrogen-bond acceptors (Lipinski definition) is 3. The van der Waals surface area contributed by atoms with Gasteiger partial charge in [-0.2, -0.15) is 0 Å². The lowest BCUT2D eigenvalue weighted by Gasteiger charge is -2.31. The lowest BCUT2D eigenvalue weighted by Crippen LogP contribution is -2.44. The fourth-order valence-corrected chi connectivity index (χ4v) is 2.79. The SMILES string of the molecule is CCC1CN(C)CCCN1CC(O)C1CC1. The lowest BCUT2D eigenvalue weighted by atomic mass is 10.1. The van der Waals surface area contributed by atoms with Crippen LogP contribution in [0, 0.1) is 5.92 Å². The third-order valence-corrected chi connectivity index (χ3v) is 4.08. The van der Waals surface area contributed by atoms with Gasteiger partial charge in [0.05, 0.1) is 6.10 Å². The Bertz CT molecular complexity index is 218. The van der Waals surface area contributed by atoms with Crippen molar-refractivity contribution in [2.45, 2.75) is 44.8 Å². The zero-order valence-corrected chi connectivity index (χ0v) is 10.7. The molecule has 1 saturated carbocycles. The summed E-state index contributed by atoms with van der Waals surface area (Å²) < 4.78 is 0. The second-order valence-corrected chi connectivity index (χ2v) is 5.58. The highest BCUT2D eigenvalue weighted by atomic mass is 16.3. The molecule has 2 rings (SSSR count). The molecule has 0 spiro atoms. The molecule has 2 atom stereocenters. The van der Waals surface area contributed by atoms with Crippen molar-refractivity contribution in [1.82, 2.24) is 9.80 Å². The standard InChI is InChI=1S/C13H26N2O/c1-3-12-9-14(2)7-4-8-15(12)10-13(16)11-5-6-11/h11-13,16H,3-10H2,1-2H3. The molecule has 1 saturated heterocycles. The van der Waals surface area contributed by atoms with Crippen LogP contribution >= 0.6 is 0 Å². The first-order chi connectivity index (χ1) is 7.70. The van der Waals surface area contributed by atoms with E-state index >= 15 is 0 Å². The van der Waals surface area contributed by atoms with E-state index in [9.17, 15) is 5.11 Å². The van der Waals surface area contributed by atoms with Gasteiger partial charge in [0.15, 0.2) is 0 Å². The Morgan fingerprint density at radius 3 is 2.69 bits per heavy atom. The van der Waals surface area contributed by atoms with E-state index in [4.69, 9.17) is 0 Å². The zero-order chi connectivity index (χ0) is 11.5. The predicted molar refractivity (Wildman–Crippen MR) is 66.5 cm³/mol. The van der Waals surface area contributed by atoms with Gasteiger partial charge in [-0.1, -0.05) is 6.92 Å². The minimum atomic E-state index is -0.0718. The van der Waals surface area contributed by atoms with Gasteiger partial charge in [-0.05, 0) is 51.7 Å². The van der Waals surface area contributed by atoms with Crippen molar-refractivity contribution in [3.63, 3.8) is 0 Å². The molecule has 0 aromatic heterocycles. The van der Waals surface area contributed by atoms with E-state index in [1.54, 1.807) is 0 Å². The van der Waals surface area contributed by atoms with E-state index in [0.717, 1.165) is 19.6 Å². The predicted octanol–water partition coefficient (Wildman–Crippen LogP) is 1.17. The second kappa shape index (κ2) is 5.48. The molecule has 1 heterocycles. The van der Waals surface area contributed by atoms with Crippen LogP contribution < -0.4 is 0 Å². The largest absolute Gasteiger partial charge is 0.392 e. The Balaban J connectivity index is 1.88. The molecule has 0 aromatic rings. The summed E-state index contributed by atoms with van der Waals surface area (Å²) in [6.45, 7) is 6.68. The highest BCUT2D eigenvalue weighted by molar-refractivity contribution is 4.86. The number of rotatable bonds is 4. The Hall–Kier alpha value is -0.120. The quantitative estimate of drug-likeness (QED) is 0.779. The summed E-state index contributed by atoms with van der Waals surface area (Å²) in [5, 5.41) is 10.1. The van der Waals surface area contributed by atoms with Crippen LogP contribution in [0.5, 0.6) is 0 Å². The van der Waals surface area contributed by atoms with Gasteiger partial charge in [0.2, 0.25) is 0 Å². The van der Waals surface area contributed by atoms with Gasteiger partial charge in [0.1, 0.15) is 0 Å². The smallest absolute Gasteiger partial charge is 0.0695 e. The average Bonchev–Trinajstić information content (AvgIpc) is 3.06. The number of aliphatic hydroxyl groups excluding tert-OH is 1. The summed E-state index contributed by atoms with van der Waals surface area (Å²) in [5.74, 6) is 0.610. The van der Waals surface area contributed by atoms with E-state index in [-0.39, 0.29) is 6.10 Å². The van der Waals surface area contributed by atoms with Crippen LogP contribution in [0.15, 0.2) is 0 Å². The summed E-state index contributed by atoms with van der Waals surface area (Å²) >= 11 is 0. The van der Waals surface area contributed by atoms with Crippen molar-refractivity contribution >= 4 is 0 Å². The Morgan fingerprint density at radius 1 is 1.31 bits per heavy atom. The molecule has 1 aliphatic carbocycles. The Kier molecular flexibility index (Phi) is 4.22. The number of hydrogen-bond donors (Lipinski definition) is 1. The van der Waals surface area contributed by atoms with Crippen molar-refractivity contribution in [2.24, 2.45) is 5.92 Å². The molecular weight excluding hydrogens is 200 g/mol. The maximum atomic E-state index is 10.1. The van der Waals surface area contributed by atoms with Crippen LogP contribution in [-0.4, -0.2) is 60.3 Å². The first-order valence-electron chi connectivity index (χ1n) is 6.81. The summed E-state index contributed by atoms with van der Waals surface area (Å²) in [5.41, 5.74) is 0. The molecule has 3 nitrogen and oxygen atoms in total. The fraction of sp³-hybridized carbons (Fsp3) is 1.00. The second-order valence-electron chi connectivity index (χ2n) is 5.58. The minimum absolute atomic E-state index is 0.0718. The maximum Gasteiger partial charge on any atom is 0.0695 e. The van der Waals surface area contributed by atoms with E-state index in [1.165, 1.54) is 32.2 Å². The maximum absolute atomic E-state index is 10.1. The first-order valence-corrected chi connectivity index (χ1v) is 6.81. The third kappa shape index (κ3) is 3.19. The molecule has 2 fully saturated rings. The highest BCUT2D eigenvalue weighted by Gasteiger charge is 2.32. The van der Waals surface area contributed by atoms with E-state index in [1.807, 2.05) is 0 Å². The van der Waals surface area contributed by atoms with Crippen molar-refractivity contribution in [1.29, 1.82) is 0 Å². The van der Waals surface area contributed by atoms with Crippen LogP contribution in [0.1, 0.15) is 32.6 Å². The normalized spacial score (nSPS) is 31.3. The van der Waals surface area contributed by atoms with Gasteiger partial charge in [-0.15, -0.1) is 0 Å². The number of aliphatic hydroxyl groups is 1. The molecule has 1 N–H and O–H groups in total. The highest BCUT2D eigenvalue weighted by Crippen LogP contribution is 2.33. The van der Waals surface area contributed by atoms with Crippen molar-refractivity contribution < 1.29 is 5.11 Å². The van der Waals surface area contributed by atoms with Crippen LogP contribution in [0.2, 0.25) is 0 Å². The molecule has 3 heteroatoms. The molecule has 0 radical (unpaired) electrons. The minimum Gasteiger partial charge on any atom is -0.392 e. The van der Waals surface area contributed by atoms with Crippen LogP contribution in [0.4, 0.5) is 0 Å². The summed E-state index contributed by atoms with van der Waals surface area (Å²) in [6, 6.07) is 0.640. The fourth-order valence-electron chi connectivity index (χ4n) is 2.79. The molecule has 1 aliphatic heterocycles. The topological polar surface area (TPSA) is 26.7 Å². The van der Waals surface area contributed by atoms with Crippen molar-refractivity contribution in [2.75, 3.05) is 33.2 Å². The van der Waals surface area contributed by atoms with Gasteiger partial charge in [-0.3, -0.25) is 4.90 Å². The zero-order valence-electron chi connectivity index (χ0n) is 10.7. The molecule has 0 aromatic carbocycles. The van der Waals surface area contributed by atoms with Gasteiger partial charge in [0.25, 0.3) is 0 Å². The van der Waals surface area contributed by atoms with Gasteiger partial charge in [0, 0.05) is 19.1 Å². The van der Waals surface area contributed by atoms with Gasteiger partial charge in [-0.25, -0.2) is 0 Å². The van der Waals surface area contributed by atoms with Crippen LogP contribution in [0.3, 0.4) is 0 Å². The van der Waals surface area contributed by atoms with E-state index in [2.05, 4.69) is 23.8 Å². The first kappa shape index (κ1) is 12.3. The summed E-state index contributed by atoms with van der Waals surface area (Å²) in [6.07, 6.45) is 4.85. The monoisotopic (exact) mass is 226 g/mol. The van der Waals surface area contributed by atoms with Gasteiger partial charge >= 0.3 is 0 Å². The van der Waals surface area contributed by atoms with Crippen molar-refractivity contribution in [3.05, 3.63) is 0 Å². The third-order valence-electron chi connectivity index (χ3n) is 4.08. The number of nitrogens with zero attached hydrogens (tertiary/aromatic N) is 2. The number of β-amino-alcohol motifs (C(OH)–C–C–N with tert-alkyl or cyclic N) is 1. The Labute approximate surface area is 99.4 Å². The molecule has 94 valence electrons. The van der Waals surface area contributed by atoms with E-state index in [0.29, 0.717) is 12.0 Å². The summed E-state index contributed by atoms with van der Waals surface area (Å²) in [7, 11) is 2.21. The molecule has 0 amide bonds. The molecular formula is C13H26N2O. The molecule has 16 heavy (non-hydrogen) atoms. The average molecular weight is 226 g/mol. The molecule has 2 aliphatic rings. The number of likely N-dealkylation sites (N-methyl/N-ethyl adjacent to an activating group) is 1. The Morgan fingerprint density at radius 2 is 2.06 bits per heavy atom.